The van der Waals surface area contributed by atoms with Gasteiger partial charge in [0.1, 0.15) is 6.42 Å². The highest BCUT2D eigenvalue weighted by Gasteiger charge is 2.39. The second-order valence-corrected chi connectivity index (χ2v) is 3.63. The predicted octanol–water partition coefficient (Wildman–Crippen LogP) is 1.86. The van der Waals surface area contributed by atoms with Gasteiger partial charge in [-0.25, -0.2) is 0 Å². The van der Waals surface area contributed by atoms with E-state index in [2.05, 4.69) is 4.74 Å². The Labute approximate surface area is 118 Å². The zero-order valence-corrected chi connectivity index (χ0v) is 11.1. The molecular formula is C13H14F3NO4. The molecule has 1 rings (SSSR count). The number of ketones is 1. The molecule has 0 bridgehead atoms. The van der Waals surface area contributed by atoms with Crippen LogP contribution in [0.5, 0.6) is 0 Å². The number of alkyl halides is 3. The van der Waals surface area contributed by atoms with E-state index < -0.39 is 24.3 Å². The van der Waals surface area contributed by atoms with E-state index in [1.54, 1.807) is 24.3 Å². The van der Waals surface area contributed by atoms with E-state index in [-0.39, 0.29) is 12.5 Å². The predicted molar refractivity (Wildman–Crippen MR) is 67.3 cm³/mol. The third-order valence-electron chi connectivity index (χ3n) is 1.98. The van der Waals surface area contributed by atoms with Gasteiger partial charge in [0.2, 0.25) is 11.7 Å². The van der Waals surface area contributed by atoms with Crippen molar-refractivity contribution in [1.82, 2.24) is 0 Å². The van der Waals surface area contributed by atoms with Crippen molar-refractivity contribution in [1.29, 1.82) is 0 Å². The van der Waals surface area contributed by atoms with Crippen LogP contribution in [0.15, 0.2) is 30.3 Å². The van der Waals surface area contributed by atoms with Crippen LogP contribution < -0.4 is 5.73 Å². The Balaban J connectivity index is 0.000000394. The first-order valence-corrected chi connectivity index (χ1v) is 5.79. The number of carbonyl (C=O) groups excluding carboxylic acids is 3. The van der Waals surface area contributed by atoms with E-state index >= 15 is 0 Å². The van der Waals surface area contributed by atoms with Gasteiger partial charge in [-0.05, 0) is 19.1 Å². The number of esters is 1. The molecule has 8 heteroatoms. The van der Waals surface area contributed by atoms with Crippen molar-refractivity contribution in [2.45, 2.75) is 19.5 Å². The summed E-state index contributed by atoms with van der Waals surface area (Å²) in [7, 11) is 0. The number of amides is 1. The van der Waals surface area contributed by atoms with Crippen molar-refractivity contribution in [3.63, 3.8) is 0 Å². The lowest BCUT2D eigenvalue weighted by molar-refractivity contribution is -0.174. The first-order valence-electron chi connectivity index (χ1n) is 5.79. The summed E-state index contributed by atoms with van der Waals surface area (Å²) in [4.78, 5) is 30.9. The molecule has 1 aromatic carbocycles. The molecule has 0 fully saturated rings. The normalized spacial score (nSPS) is 10.1. The Hall–Kier alpha value is -2.38. The van der Waals surface area contributed by atoms with Crippen LogP contribution in [-0.4, -0.2) is 30.4 Å². The van der Waals surface area contributed by atoms with Crippen LogP contribution in [0, 0.1) is 0 Å². The average Bonchev–Trinajstić information content (AvgIpc) is 2.39. The third kappa shape index (κ3) is 8.40. The number of ether oxygens (including phenoxy) is 1. The SMILES string of the molecule is CCOC(=O)CC(=O)C(F)(F)F.NC(=O)c1ccccc1. The first-order chi connectivity index (χ1) is 9.68. The van der Waals surface area contributed by atoms with Crippen LogP contribution in [0.3, 0.4) is 0 Å². The van der Waals surface area contributed by atoms with Gasteiger partial charge in [-0.3, -0.25) is 14.4 Å². The summed E-state index contributed by atoms with van der Waals surface area (Å²) >= 11 is 0. The third-order valence-corrected chi connectivity index (χ3v) is 1.98. The number of carbonyl (C=O) groups is 3. The van der Waals surface area contributed by atoms with Crippen molar-refractivity contribution in [2.24, 2.45) is 5.73 Å². The zero-order valence-electron chi connectivity index (χ0n) is 11.1. The standard InChI is InChI=1S/C7H7NO.C6H7F3O3/c8-7(9)6-4-2-1-3-5-6;1-2-12-5(11)3-4(10)6(7,8)9/h1-5H,(H2,8,9);2-3H2,1H3. The van der Waals surface area contributed by atoms with Crippen LogP contribution in [0.4, 0.5) is 13.2 Å². The fraction of sp³-hybridized carbons (Fsp3) is 0.308. The second kappa shape index (κ2) is 8.72. The van der Waals surface area contributed by atoms with Crippen molar-refractivity contribution < 1.29 is 32.3 Å². The number of nitrogens with two attached hydrogens (primary N) is 1. The maximum atomic E-state index is 11.5. The summed E-state index contributed by atoms with van der Waals surface area (Å²) < 4.78 is 38.6. The minimum absolute atomic E-state index is 0.0377. The van der Waals surface area contributed by atoms with E-state index in [0.717, 1.165) is 0 Å². The maximum absolute atomic E-state index is 11.5. The lowest BCUT2D eigenvalue weighted by Crippen LogP contribution is -2.26. The molecule has 0 unspecified atom stereocenters. The van der Waals surface area contributed by atoms with Crippen LogP contribution in [-0.2, 0) is 14.3 Å². The van der Waals surface area contributed by atoms with Gasteiger partial charge in [-0.15, -0.1) is 0 Å². The highest BCUT2D eigenvalue weighted by Crippen LogP contribution is 2.17. The average molecular weight is 305 g/mol. The molecule has 0 aliphatic rings. The Kier molecular flexibility index (Phi) is 7.74. The van der Waals surface area contributed by atoms with Gasteiger partial charge < -0.3 is 10.5 Å². The molecule has 0 aromatic heterocycles. The molecule has 1 amide bonds. The maximum Gasteiger partial charge on any atom is 0.450 e. The molecule has 0 spiro atoms. The lowest BCUT2D eigenvalue weighted by Gasteiger charge is -2.03. The highest BCUT2D eigenvalue weighted by molar-refractivity contribution is 5.98. The van der Waals surface area contributed by atoms with Gasteiger partial charge in [0.05, 0.1) is 6.61 Å². The van der Waals surface area contributed by atoms with Crippen molar-refractivity contribution in [3.05, 3.63) is 35.9 Å². The fourth-order valence-electron chi connectivity index (χ4n) is 1.05. The second-order valence-electron chi connectivity index (χ2n) is 3.63. The van der Waals surface area contributed by atoms with Gasteiger partial charge in [-0.1, -0.05) is 18.2 Å². The topological polar surface area (TPSA) is 86.5 Å². The van der Waals surface area contributed by atoms with Crippen LogP contribution in [0.25, 0.3) is 0 Å². The van der Waals surface area contributed by atoms with Crippen LogP contribution in [0.2, 0.25) is 0 Å². The molecule has 0 atom stereocenters. The van der Waals surface area contributed by atoms with E-state index in [1.165, 1.54) is 6.92 Å². The number of halogens is 3. The number of rotatable bonds is 4. The Morgan fingerprint density at radius 3 is 2.00 bits per heavy atom. The molecule has 2 N–H and O–H groups in total. The van der Waals surface area contributed by atoms with E-state index in [9.17, 15) is 27.6 Å². The van der Waals surface area contributed by atoms with Crippen molar-refractivity contribution in [3.8, 4) is 0 Å². The van der Waals surface area contributed by atoms with Gasteiger partial charge in [-0.2, -0.15) is 13.2 Å². The smallest absolute Gasteiger partial charge is 0.450 e. The number of Topliss-reactive ketones (excluding diaryl/α,β-unsaturated/α-hetero) is 1. The number of hydrogen-bond acceptors (Lipinski definition) is 4. The summed E-state index contributed by atoms with van der Waals surface area (Å²) in [6.07, 6.45) is -6.19. The molecule has 0 radical (unpaired) electrons. The van der Waals surface area contributed by atoms with E-state index in [4.69, 9.17) is 5.73 Å². The molecule has 0 saturated heterocycles. The Morgan fingerprint density at radius 2 is 1.67 bits per heavy atom. The Bertz CT molecular complexity index is 486. The molecule has 116 valence electrons. The molecule has 1 aromatic rings. The number of hydrogen-bond donors (Lipinski definition) is 1. The first kappa shape index (κ1) is 18.6. The largest absolute Gasteiger partial charge is 0.466 e. The molecule has 0 heterocycles. The van der Waals surface area contributed by atoms with Crippen molar-refractivity contribution in [2.75, 3.05) is 6.61 Å². The molecule has 0 saturated carbocycles. The minimum atomic E-state index is -4.95. The van der Waals surface area contributed by atoms with Gasteiger partial charge in [0.15, 0.2) is 0 Å². The van der Waals surface area contributed by atoms with Crippen LogP contribution in [0.1, 0.15) is 23.7 Å². The van der Waals surface area contributed by atoms with Crippen molar-refractivity contribution >= 4 is 17.7 Å². The van der Waals surface area contributed by atoms with Gasteiger partial charge >= 0.3 is 12.1 Å². The zero-order chi connectivity index (χ0) is 16.5. The monoisotopic (exact) mass is 305 g/mol. The summed E-state index contributed by atoms with van der Waals surface area (Å²) in [5, 5.41) is 0. The number of benzene rings is 1. The molecule has 21 heavy (non-hydrogen) atoms. The molecule has 0 aliphatic carbocycles. The Morgan fingerprint density at radius 1 is 1.14 bits per heavy atom. The summed E-state index contributed by atoms with van der Waals surface area (Å²) in [6, 6.07) is 8.76. The molecular weight excluding hydrogens is 291 g/mol. The van der Waals surface area contributed by atoms with E-state index in [1.807, 2.05) is 6.07 Å². The quantitative estimate of drug-likeness (QED) is 0.679. The van der Waals surface area contributed by atoms with Crippen LogP contribution >= 0.6 is 0 Å². The van der Waals surface area contributed by atoms with Gasteiger partial charge in [0.25, 0.3) is 0 Å². The summed E-state index contributed by atoms with van der Waals surface area (Å²) in [6.45, 7) is 1.40. The highest BCUT2D eigenvalue weighted by atomic mass is 19.4. The number of primary amides is 1. The summed E-state index contributed by atoms with van der Waals surface area (Å²) in [5.41, 5.74) is 5.53. The molecule has 5 nitrogen and oxygen atoms in total. The summed E-state index contributed by atoms with van der Waals surface area (Å²) in [5.74, 6) is -3.61. The molecule has 0 aliphatic heterocycles. The lowest BCUT2D eigenvalue weighted by atomic mass is 10.2. The fourth-order valence-corrected chi connectivity index (χ4v) is 1.05. The van der Waals surface area contributed by atoms with Gasteiger partial charge in [0, 0.05) is 5.56 Å². The minimum Gasteiger partial charge on any atom is -0.466 e. The van der Waals surface area contributed by atoms with E-state index in [0.29, 0.717) is 5.56 Å².